The molecule has 13 heavy (non-hydrogen) atoms. The van der Waals surface area contributed by atoms with Crippen LogP contribution in [-0.4, -0.2) is 30.1 Å². The monoisotopic (exact) mass is 248 g/mol. The molecule has 0 spiro atoms. The first-order valence-electron chi connectivity index (χ1n) is 5.44. The molecule has 0 fully saturated rings. The minimum atomic E-state index is -0.856. The largest absolute Gasteiger partial charge is 0.0743 e. The van der Waals surface area contributed by atoms with E-state index in [0.717, 1.165) is 0 Å². The van der Waals surface area contributed by atoms with Gasteiger partial charge in [0.2, 0.25) is 0 Å². The van der Waals surface area contributed by atoms with E-state index in [-0.39, 0.29) is 8.31 Å². The van der Waals surface area contributed by atoms with Crippen molar-refractivity contribution in [3.63, 3.8) is 0 Å². The average Bonchev–Trinajstić information content (AvgIpc) is 1.84. The molecule has 0 N–H and O–H groups in total. The van der Waals surface area contributed by atoms with Gasteiger partial charge in [0.1, 0.15) is 0 Å². The van der Waals surface area contributed by atoms with Crippen LogP contribution in [0.4, 0.5) is 0 Å². The van der Waals surface area contributed by atoms with Gasteiger partial charge in [-0.25, -0.2) is 0 Å². The van der Waals surface area contributed by atoms with Crippen LogP contribution in [0.2, 0.25) is 58.9 Å². The van der Waals surface area contributed by atoms with Crippen LogP contribution in [0.1, 0.15) is 0 Å². The highest BCUT2D eigenvalue weighted by Gasteiger charge is 2.50. The molecule has 4 heteroatoms. The van der Waals surface area contributed by atoms with E-state index < -0.39 is 21.8 Å². The minimum Gasteiger partial charge on any atom is -0.0743 e. The van der Waals surface area contributed by atoms with Gasteiger partial charge in [-0.15, -0.1) is 0 Å². The van der Waals surface area contributed by atoms with Crippen molar-refractivity contribution in [1.82, 2.24) is 0 Å². The maximum Gasteiger partial charge on any atom is 0.0353 e. The molecule has 0 radical (unpaired) electrons. The third-order valence-corrected chi connectivity index (χ3v) is 71.2. The summed E-state index contributed by atoms with van der Waals surface area (Å²) in [6.07, 6.45) is 0. The molecule has 80 valence electrons. The summed E-state index contributed by atoms with van der Waals surface area (Å²) in [5.41, 5.74) is 0. The van der Waals surface area contributed by atoms with Crippen molar-refractivity contribution in [2.45, 2.75) is 58.9 Å². The Morgan fingerprint density at radius 1 is 0.692 bits per heavy atom. The fraction of sp³-hybridized carbons (Fsp3) is 1.00. The SMILES string of the molecule is C[SiH](C)[Si](C)(C)[Si](C)(C)[Si](C)(C)C. The molecule has 0 aliphatic heterocycles. The van der Waals surface area contributed by atoms with E-state index in [9.17, 15) is 0 Å². The molecule has 0 aliphatic carbocycles. The number of hydrogen-bond donors (Lipinski definition) is 0. The molecule has 0 saturated heterocycles. The van der Waals surface area contributed by atoms with E-state index in [4.69, 9.17) is 0 Å². The van der Waals surface area contributed by atoms with Crippen LogP contribution in [0.25, 0.3) is 0 Å². The molecule has 0 saturated carbocycles. The smallest absolute Gasteiger partial charge is 0.0353 e. The summed E-state index contributed by atoms with van der Waals surface area (Å²) >= 11 is 0. The molecule has 0 bridgehead atoms. The van der Waals surface area contributed by atoms with E-state index in [1.165, 1.54) is 0 Å². The molecule has 0 aliphatic rings. The highest BCUT2D eigenvalue weighted by molar-refractivity contribution is 7.80. The second-order valence-electron chi connectivity index (χ2n) is 6.75. The fourth-order valence-corrected chi connectivity index (χ4v) is 65.1. The van der Waals surface area contributed by atoms with Crippen LogP contribution < -0.4 is 0 Å². The zero-order valence-electron chi connectivity index (χ0n) is 11.1. The molecule has 0 aromatic carbocycles. The highest BCUT2D eigenvalue weighted by Crippen LogP contribution is 2.30. The standard InChI is InChI=1S/C9H28Si4/c1-10(2)12(6,7)13(8,9)11(3,4)5/h10H,1-9H3. The van der Waals surface area contributed by atoms with E-state index in [1.54, 1.807) is 0 Å². The van der Waals surface area contributed by atoms with Crippen LogP contribution in [-0.2, 0) is 0 Å². The molecule has 0 nitrogen and oxygen atoms in total. The van der Waals surface area contributed by atoms with Gasteiger partial charge in [-0.05, 0) is 0 Å². The Hall–Kier alpha value is 0.868. The quantitative estimate of drug-likeness (QED) is 0.671. The van der Waals surface area contributed by atoms with E-state index in [1.807, 2.05) is 0 Å². The first kappa shape index (κ1) is 13.9. The van der Waals surface area contributed by atoms with Gasteiger partial charge in [0.05, 0.1) is 0 Å². The topological polar surface area (TPSA) is 0 Å². The first-order valence-corrected chi connectivity index (χ1v) is 21.1. The second-order valence-corrected chi connectivity index (χ2v) is 47.1. The molecule has 0 unspecified atom stereocenters. The Kier molecular flexibility index (Phi) is 4.04. The van der Waals surface area contributed by atoms with Gasteiger partial charge < -0.3 is 0 Å². The summed E-state index contributed by atoms with van der Waals surface area (Å²) in [6, 6.07) is 0. The van der Waals surface area contributed by atoms with Crippen molar-refractivity contribution >= 4 is 30.1 Å². The molecular formula is C9H28Si4. The van der Waals surface area contributed by atoms with Crippen LogP contribution in [0.15, 0.2) is 0 Å². The molecule has 0 aromatic heterocycles. The lowest BCUT2D eigenvalue weighted by atomic mass is 11.8. The number of hydrogen-bond acceptors (Lipinski definition) is 0. The van der Waals surface area contributed by atoms with Crippen molar-refractivity contribution in [2.75, 3.05) is 0 Å². The van der Waals surface area contributed by atoms with Crippen LogP contribution in [0, 0.1) is 0 Å². The second kappa shape index (κ2) is 3.79. The molecule has 0 aromatic rings. The van der Waals surface area contributed by atoms with E-state index >= 15 is 0 Å². The van der Waals surface area contributed by atoms with Gasteiger partial charge >= 0.3 is 0 Å². The first-order chi connectivity index (χ1) is 5.44. The maximum absolute atomic E-state index is 2.69. The predicted octanol–water partition coefficient (Wildman–Crippen LogP) is 3.46. The zero-order valence-corrected chi connectivity index (χ0v) is 15.2. The summed E-state index contributed by atoms with van der Waals surface area (Å²) in [5.74, 6) is 0. The van der Waals surface area contributed by atoms with Crippen molar-refractivity contribution in [3.05, 3.63) is 0 Å². The summed E-state index contributed by atoms with van der Waals surface area (Å²) in [4.78, 5) is 0. The third kappa shape index (κ3) is 2.46. The van der Waals surface area contributed by atoms with Gasteiger partial charge in [-0.1, -0.05) is 58.9 Å². The van der Waals surface area contributed by atoms with Gasteiger partial charge in [-0.2, -0.15) is 0 Å². The summed E-state index contributed by atoms with van der Waals surface area (Å²) in [5, 5.41) is 0. The van der Waals surface area contributed by atoms with Crippen molar-refractivity contribution in [3.8, 4) is 0 Å². The van der Waals surface area contributed by atoms with E-state index in [2.05, 4.69) is 58.9 Å². The average molecular weight is 249 g/mol. The summed E-state index contributed by atoms with van der Waals surface area (Å²) in [6.45, 7) is 23.7. The minimum absolute atomic E-state index is 0.369. The zero-order chi connectivity index (χ0) is 11.1. The van der Waals surface area contributed by atoms with Gasteiger partial charge in [0.15, 0.2) is 0 Å². The van der Waals surface area contributed by atoms with Crippen LogP contribution in [0.5, 0.6) is 0 Å². The molecule has 0 amide bonds. The van der Waals surface area contributed by atoms with Gasteiger partial charge in [0, 0.05) is 30.1 Å². The van der Waals surface area contributed by atoms with Crippen molar-refractivity contribution in [2.24, 2.45) is 0 Å². The summed E-state index contributed by atoms with van der Waals surface area (Å²) in [7, 11) is -2.88. The molecule has 0 atom stereocenters. The third-order valence-electron chi connectivity index (χ3n) is 4.93. The Bertz CT molecular complexity index is 177. The lowest BCUT2D eigenvalue weighted by Gasteiger charge is -2.49. The summed E-state index contributed by atoms with van der Waals surface area (Å²) < 4.78 is 0. The van der Waals surface area contributed by atoms with Crippen molar-refractivity contribution in [1.29, 1.82) is 0 Å². The Morgan fingerprint density at radius 3 is 1.08 bits per heavy atom. The predicted molar refractivity (Wildman–Crippen MR) is 77.2 cm³/mol. The van der Waals surface area contributed by atoms with Crippen LogP contribution >= 0.6 is 0 Å². The highest BCUT2D eigenvalue weighted by atomic mass is 29.8. The normalized spacial score (nSPS) is 15.2. The van der Waals surface area contributed by atoms with Gasteiger partial charge in [-0.3, -0.25) is 0 Å². The molecule has 0 heterocycles. The Morgan fingerprint density at radius 2 is 1.00 bits per heavy atom. The number of rotatable bonds is 3. The Balaban J connectivity index is 5.04. The lowest BCUT2D eigenvalue weighted by Crippen LogP contribution is -2.73. The fourth-order valence-electron chi connectivity index (χ4n) is 1.69. The maximum atomic E-state index is 2.69. The molecular weight excluding hydrogens is 220 g/mol. The van der Waals surface area contributed by atoms with E-state index in [0.29, 0.717) is 0 Å². The molecule has 0 rings (SSSR count). The Labute approximate surface area is 89.1 Å². The van der Waals surface area contributed by atoms with Crippen LogP contribution in [0.3, 0.4) is 0 Å². The lowest BCUT2D eigenvalue weighted by molar-refractivity contribution is 1.74. The van der Waals surface area contributed by atoms with Gasteiger partial charge in [0.25, 0.3) is 0 Å². The van der Waals surface area contributed by atoms with Crippen molar-refractivity contribution < 1.29 is 0 Å².